The number of likely N-dealkylation sites (tertiary alicyclic amines) is 1. The smallest absolute Gasteiger partial charge is 0.306 e. The lowest BCUT2D eigenvalue weighted by Gasteiger charge is -2.40. The number of aliphatic hydroxyl groups excluding tert-OH is 1. The van der Waals surface area contributed by atoms with Gasteiger partial charge < -0.3 is 29.7 Å². The molecule has 10 nitrogen and oxygen atoms in total. The van der Waals surface area contributed by atoms with E-state index in [2.05, 4.69) is 18.5 Å². The molecule has 5 rings (SSSR count). The van der Waals surface area contributed by atoms with Gasteiger partial charge in [0, 0.05) is 18.7 Å². The van der Waals surface area contributed by atoms with Crippen LogP contribution in [0.4, 0.5) is 5.69 Å². The van der Waals surface area contributed by atoms with Crippen LogP contribution < -0.4 is 10.2 Å². The molecule has 2 N–H and O–H groups in total. The molecule has 3 aliphatic heterocycles. The van der Waals surface area contributed by atoms with E-state index in [0.717, 1.165) is 16.7 Å². The number of anilines is 1. The summed E-state index contributed by atoms with van der Waals surface area (Å²) in [4.78, 5) is 59.5. The van der Waals surface area contributed by atoms with Gasteiger partial charge in [0.25, 0.3) is 5.91 Å². The summed E-state index contributed by atoms with van der Waals surface area (Å²) in [6.45, 7) is 15.0. The number of nitrogens with one attached hydrogen (secondary N) is 1. The molecule has 0 aliphatic carbocycles. The number of carbonyl (C=O) groups is 4. The van der Waals surface area contributed by atoms with Crippen molar-refractivity contribution >= 4 is 29.4 Å². The second kappa shape index (κ2) is 15.1. The maximum absolute atomic E-state index is 15.0. The fraction of sp³-hybridized carbons (Fsp3) is 0.487. The number of ether oxygens (including phenoxy) is 2. The molecule has 3 aliphatic rings. The van der Waals surface area contributed by atoms with Crippen LogP contribution in [0.3, 0.4) is 0 Å². The highest BCUT2D eigenvalue weighted by atomic mass is 16.5. The van der Waals surface area contributed by atoms with Crippen molar-refractivity contribution in [2.75, 3.05) is 24.7 Å². The Balaban J connectivity index is 1.51. The second-order valence-corrected chi connectivity index (χ2v) is 13.8. The zero-order chi connectivity index (χ0) is 35.5. The molecule has 3 amide bonds. The molecule has 0 unspecified atom stereocenters. The molecule has 7 atom stereocenters. The normalized spacial score (nSPS) is 25.1. The fourth-order valence-corrected chi connectivity index (χ4v) is 7.88. The molecule has 3 fully saturated rings. The summed E-state index contributed by atoms with van der Waals surface area (Å²) in [6.07, 6.45) is 4.26. The average molecular weight is 672 g/mol. The van der Waals surface area contributed by atoms with Gasteiger partial charge in [-0.25, -0.2) is 0 Å². The molecule has 3 heterocycles. The van der Waals surface area contributed by atoms with Crippen LogP contribution >= 0.6 is 0 Å². The molecule has 0 radical (unpaired) electrons. The summed E-state index contributed by atoms with van der Waals surface area (Å²) < 4.78 is 12.2. The lowest BCUT2D eigenvalue weighted by molar-refractivity contribution is -0.147. The Labute approximate surface area is 289 Å². The van der Waals surface area contributed by atoms with Gasteiger partial charge in [-0.05, 0) is 61.8 Å². The van der Waals surface area contributed by atoms with E-state index in [4.69, 9.17) is 9.47 Å². The molecule has 262 valence electrons. The van der Waals surface area contributed by atoms with Gasteiger partial charge in [-0.15, -0.1) is 13.2 Å². The monoisotopic (exact) mass is 671 g/mol. The number of esters is 1. The van der Waals surface area contributed by atoms with Crippen LogP contribution in [0.15, 0.2) is 73.8 Å². The number of benzene rings is 2. The van der Waals surface area contributed by atoms with Gasteiger partial charge in [-0.1, -0.05) is 68.5 Å². The van der Waals surface area contributed by atoms with E-state index < -0.39 is 53.5 Å². The number of allylic oxidation sites excluding steroid dienone is 1. The number of hydrogen-bond acceptors (Lipinski definition) is 7. The molecular weight excluding hydrogens is 622 g/mol. The third-order valence-corrected chi connectivity index (χ3v) is 10.3. The summed E-state index contributed by atoms with van der Waals surface area (Å²) in [7, 11) is 0. The van der Waals surface area contributed by atoms with Crippen molar-refractivity contribution in [1.29, 1.82) is 0 Å². The van der Waals surface area contributed by atoms with E-state index in [0.29, 0.717) is 24.9 Å². The maximum atomic E-state index is 15.0. The van der Waals surface area contributed by atoms with Gasteiger partial charge in [0.05, 0.1) is 36.6 Å². The van der Waals surface area contributed by atoms with Crippen molar-refractivity contribution in [3.63, 3.8) is 0 Å². The number of carbonyl (C=O) groups excluding carboxylic acids is 4. The number of aryl methyl sites for hydroxylation is 2. The Hall–Kier alpha value is -4.28. The number of amides is 3. The number of hydrogen-bond donors (Lipinski definition) is 2. The van der Waals surface area contributed by atoms with E-state index >= 15 is 0 Å². The van der Waals surface area contributed by atoms with Gasteiger partial charge in [-0.2, -0.15) is 0 Å². The minimum Gasteiger partial charge on any atom is -0.463 e. The molecule has 0 saturated carbocycles. The Morgan fingerprint density at radius 2 is 1.88 bits per heavy atom. The predicted octanol–water partition coefficient (Wildman–Crippen LogP) is 4.58. The van der Waals surface area contributed by atoms with Crippen LogP contribution in [0.2, 0.25) is 0 Å². The predicted molar refractivity (Wildman–Crippen MR) is 186 cm³/mol. The molecule has 0 aromatic heterocycles. The van der Waals surface area contributed by atoms with Gasteiger partial charge in [-0.3, -0.25) is 19.2 Å². The standard InChI is InChI=1S/C39H49N3O7/c1-7-9-15-32(44)48-23-28(27-13-11-10-12-14-27)40-36(45)33-31-18-19-39(49-31)34(33)37(46)42(30(22-43)24(3)4)35(39)38(47)41(20-8-2)29-21-25(5)16-17-26(29)6/h7-8,10-14,16-17,21,24,28,30-31,33-35,43H,1-2,9,15,18-20,22-23H2,3-6H3,(H,40,45)/t28-,30-,31+,33-,34-,35+,39-/m0/s1. The molecule has 3 saturated heterocycles. The van der Waals surface area contributed by atoms with Crippen LogP contribution in [0.5, 0.6) is 0 Å². The number of rotatable bonds is 15. The van der Waals surface area contributed by atoms with Gasteiger partial charge >= 0.3 is 5.97 Å². The minimum atomic E-state index is -1.26. The van der Waals surface area contributed by atoms with Crippen LogP contribution in [0.25, 0.3) is 0 Å². The Morgan fingerprint density at radius 1 is 1.14 bits per heavy atom. The van der Waals surface area contributed by atoms with Crippen LogP contribution in [0, 0.1) is 31.6 Å². The highest BCUT2D eigenvalue weighted by molar-refractivity contribution is 6.05. The second-order valence-electron chi connectivity index (χ2n) is 13.8. The number of aliphatic hydroxyl groups is 1. The first kappa shape index (κ1) is 36.0. The maximum Gasteiger partial charge on any atom is 0.306 e. The summed E-state index contributed by atoms with van der Waals surface area (Å²) in [6, 6.07) is 12.7. The van der Waals surface area contributed by atoms with E-state index in [1.54, 1.807) is 17.1 Å². The summed E-state index contributed by atoms with van der Waals surface area (Å²) in [5.41, 5.74) is 2.05. The van der Waals surface area contributed by atoms with Crippen molar-refractivity contribution in [1.82, 2.24) is 10.2 Å². The van der Waals surface area contributed by atoms with Crippen LogP contribution in [-0.4, -0.2) is 77.2 Å². The summed E-state index contributed by atoms with van der Waals surface area (Å²) in [5.74, 6) is -3.53. The van der Waals surface area contributed by atoms with Crippen molar-refractivity contribution in [3.8, 4) is 0 Å². The zero-order valence-electron chi connectivity index (χ0n) is 29.0. The lowest BCUT2D eigenvalue weighted by atomic mass is 9.70. The quantitative estimate of drug-likeness (QED) is 0.210. The third kappa shape index (κ3) is 6.81. The van der Waals surface area contributed by atoms with Crippen LogP contribution in [0.1, 0.15) is 62.3 Å². The van der Waals surface area contributed by atoms with Gasteiger partial charge in [0.1, 0.15) is 18.2 Å². The molecule has 10 heteroatoms. The topological polar surface area (TPSA) is 125 Å². The SMILES string of the molecule is C=CCCC(=O)OC[C@H](NC(=O)[C@@H]1[C@H]2C(=O)N([C@@H](CO)C(C)C)[C@H](C(=O)N(CC=C)c3cc(C)ccc3C)[C@]23CC[C@H]1O3)c1ccccc1. The van der Waals surface area contributed by atoms with E-state index in [9.17, 15) is 24.3 Å². The largest absolute Gasteiger partial charge is 0.463 e. The highest BCUT2D eigenvalue weighted by Gasteiger charge is 2.75. The zero-order valence-corrected chi connectivity index (χ0v) is 29.0. The first-order chi connectivity index (χ1) is 23.5. The number of fused-ring (bicyclic) bond motifs is 1. The first-order valence-corrected chi connectivity index (χ1v) is 17.2. The summed E-state index contributed by atoms with van der Waals surface area (Å²) >= 11 is 0. The Morgan fingerprint density at radius 3 is 2.53 bits per heavy atom. The van der Waals surface area contributed by atoms with Crippen molar-refractivity contribution < 1.29 is 33.8 Å². The van der Waals surface area contributed by atoms with Crippen molar-refractivity contribution in [2.45, 2.75) is 83.2 Å². The Kier molecular flexibility index (Phi) is 11.1. The molecule has 1 spiro atoms. The average Bonchev–Trinajstić information content (AvgIpc) is 3.73. The Bertz CT molecular complexity index is 1580. The molecule has 2 aromatic rings. The molecule has 49 heavy (non-hydrogen) atoms. The minimum absolute atomic E-state index is 0.0900. The molecular formula is C39H49N3O7. The fourth-order valence-electron chi connectivity index (χ4n) is 7.88. The molecule has 2 aromatic carbocycles. The molecule has 2 bridgehead atoms. The van der Waals surface area contributed by atoms with Crippen LogP contribution in [-0.2, 0) is 28.7 Å². The highest BCUT2D eigenvalue weighted by Crippen LogP contribution is 2.59. The van der Waals surface area contributed by atoms with E-state index in [-0.39, 0.29) is 43.9 Å². The third-order valence-electron chi connectivity index (χ3n) is 10.3. The lowest BCUT2D eigenvalue weighted by Crippen LogP contribution is -2.60. The van der Waals surface area contributed by atoms with E-state index in [1.807, 2.05) is 76.2 Å². The first-order valence-electron chi connectivity index (χ1n) is 17.2. The van der Waals surface area contributed by atoms with Gasteiger partial charge in [0.15, 0.2) is 0 Å². The van der Waals surface area contributed by atoms with Crippen molar-refractivity contribution in [2.24, 2.45) is 17.8 Å². The van der Waals surface area contributed by atoms with E-state index in [1.165, 1.54) is 4.90 Å². The van der Waals surface area contributed by atoms with Gasteiger partial charge in [0.2, 0.25) is 11.8 Å². The number of nitrogens with zero attached hydrogens (tertiary/aromatic N) is 2. The summed E-state index contributed by atoms with van der Waals surface area (Å²) in [5, 5.41) is 13.7. The van der Waals surface area contributed by atoms with Crippen molar-refractivity contribution in [3.05, 3.63) is 90.5 Å².